The Morgan fingerprint density at radius 2 is 2.00 bits per heavy atom. The molecule has 2 rings (SSSR count). The lowest BCUT2D eigenvalue weighted by Gasteiger charge is -2.33. The summed E-state index contributed by atoms with van der Waals surface area (Å²) >= 11 is 0. The molecule has 114 valence electrons. The molecule has 0 spiro atoms. The Bertz CT molecular complexity index is 358. The summed E-state index contributed by atoms with van der Waals surface area (Å²) in [4.78, 5) is 14.2. The van der Waals surface area contributed by atoms with Crippen LogP contribution in [0.4, 0.5) is 0 Å². The summed E-state index contributed by atoms with van der Waals surface area (Å²) in [7, 11) is 0. The van der Waals surface area contributed by atoms with Crippen molar-refractivity contribution < 1.29 is 9.53 Å². The molecule has 0 aromatic carbocycles. The fourth-order valence-electron chi connectivity index (χ4n) is 3.67. The maximum atomic E-state index is 12.0. The molecular formula is C17H29NO2. The van der Waals surface area contributed by atoms with Crippen molar-refractivity contribution in [3.8, 4) is 0 Å². The van der Waals surface area contributed by atoms with Gasteiger partial charge in [-0.2, -0.15) is 0 Å². The minimum absolute atomic E-state index is 0.0439. The lowest BCUT2D eigenvalue weighted by Crippen LogP contribution is -2.36. The largest absolute Gasteiger partial charge is 0.464 e. The van der Waals surface area contributed by atoms with Gasteiger partial charge in [-0.1, -0.05) is 31.9 Å². The van der Waals surface area contributed by atoms with Gasteiger partial charge in [-0.05, 0) is 51.1 Å². The van der Waals surface area contributed by atoms with Gasteiger partial charge in [-0.3, -0.25) is 9.69 Å². The van der Waals surface area contributed by atoms with E-state index in [0.29, 0.717) is 30.9 Å². The average molecular weight is 279 g/mol. The Labute approximate surface area is 123 Å². The third-order valence-electron chi connectivity index (χ3n) is 4.84. The Balaban J connectivity index is 1.75. The summed E-state index contributed by atoms with van der Waals surface area (Å²) < 4.78 is 5.55. The highest BCUT2D eigenvalue weighted by atomic mass is 16.5. The van der Waals surface area contributed by atoms with Crippen LogP contribution in [0.5, 0.6) is 0 Å². The number of carbonyl (C=O) groups is 1. The molecule has 3 atom stereocenters. The lowest BCUT2D eigenvalue weighted by atomic mass is 9.75. The molecule has 0 saturated carbocycles. The van der Waals surface area contributed by atoms with E-state index < -0.39 is 0 Å². The van der Waals surface area contributed by atoms with Crippen LogP contribution >= 0.6 is 0 Å². The van der Waals surface area contributed by atoms with E-state index in [0.717, 1.165) is 19.5 Å². The molecule has 1 aliphatic heterocycles. The molecule has 0 radical (unpaired) electrons. The molecule has 0 amide bonds. The zero-order valence-corrected chi connectivity index (χ0v) is 13.2. The van der Waals surface area contributed by atoms with E-state index >= 15 is 0 Å². The number of allylic oxidation sites excluding steroid dienone is 2. The maximum absolute atomic E-state index is 12.0. The van der Waals surface area contributed by atoms with Crippen LogP contribution in [-0.4, -0.2) is 37.1 Å². The van der Waals surface area contributed by atoms with E-state index in [-0.39, 0.29) is 5.97 Å². The summed E-state index contributed by atoms with van der Waals surface area (Å²) in [6.45, 7) is 9.87. The predicted molar refractivity (Wildman–Crippen MR) is 81.4 cm³/mol. The van der Waals surface area contributed by atoms with Gasteiger partial charge in [0.25, 0.3) is 0 Å². The molecule has 2 aliphatic rings. The van der Waals surface area contributed by atoms with E-state index in [1.54, 1.807) is 0 Å². The number of carbonyl (C=O) groups excluding carboxylic acids is 1. The molecule has 1 fully saturated rings. The van der Waals surface area contributed by atoms with Crippen molar-refractivity contribution >= 4 is 5.97 Å². The molecule has 1 heterocycles. The topological polar surface area (TPSA) is 29.5 Å². The van der Waals surface area contributed by atoms with Crippen LogP contribution in [0, 0.1) is 17.8 Å². The van der Waals surface area contributed by atoms with Crippen LogP contribution in [0.2, 0.25) is 0 Å². The SMILES string of the molecule is CC1=C[C@H](C)[C@@H](COC(=O)CN2CCCCC2)[C@@H](C)C1. The Morgan fingerprint density at radius 3 is 2.65 bits per heavy atom. The maximum Gasteiger partial charge on any atom is 0.320 e. The molecule has 3 heteroatoms. The van der Waals surface area contributed by atoms with Crippen molar-refractivity contribution in [2.24, 2.45) is 17.8 Å². The first-order chi connectivity index (χ1) is 9.56. The smallest absolute Gasteiger partial charge is 0.320 e. The second-order valence-corrected chi connectivity index (χ2v) is 6.74. The quantitative estimate of drug-likeness (QED) is 0.584. The van der Waals surface area contributed by atoms with Gasteiger partial charge < -0.3 is 4.74 Å². The van der Waals surface area contributed by atoms with Gasteiger partial charge in [-0.15, -0.1) is 0 Å². The summed E-state index contributed by atoms with van der Waals surface area (Å²) in [5, 5.41) is 0. The van der Waals surface area contributed by atoms with Gasteiger partial charge in [0, 0.05) is 5.92 Å². The van der Waals surface area contributed by atoms with Gasteiger partial charge in [0.1, 0.15) is 0 Å². The minimum Gasteiger partial charge on any atom is -0.464 e. The van der Waals surface area contributed by atoms with E-state index in [4.69, 9.17) is 4.74 Å². The molecule has 1 aliphatic carbocycles. The van der Waals surface area contributed by atoms with Crippen molar-refractivity contribution in [3.63, 3.8) is 0 Å². The van der Waals surface area contributed by atoms with E-state index in [2.05, 4.69) is 31.7 Å². The first-order valence-electron chi connectivity index (χ1n) is 8.11. The Kier molecular flexibility index (Phi) is 5.64. The highest BCUT2D eigenvalue weighted by molar-refractivity contribution is 5.71. The van der Waals surface area contributed by atoms with Gasteiger partial charge in [0.15, 0.2) is 0 Å². The molecule has 0 bridgehead atoms. The molecule has 0 aromatic heterocycles. The summed E-state index contributed by atoms with van der Waals surface area (Å²) in [5.41, 5.74) is 1.47. The van der Waals surface area contributed by atoms with Crippen LogP contribution in [0.15, 0.2) is 11.6 Å². The van der Waals surface area contributed by atoms with Crippen LogP contribution in [0.1, 0.15) is 46.5 Å². The number of likely N-dealkylation sites (tertiary alicyclic amines) is 1. The van der Waals surface area contributed by atoms with Gasteiger partial charge in [0.2, 0.25) is 0 Å². The predicted octanol–water partition coefficient (Wildman–Crippen LogP) is 3.25. The Hall–Kier alpha value is -0.830. The van der Waals surface area contributed by atoms with Crippen molar-refractivity contribution in [3.05, 3.63) is 11.6 Å². The molecule has 1 saturated heterocycles. The number of esters is 1. The average Bonchev–Trinajstić information content (AvgIpc) is 2.38. The number of hydrogen-bond donors (Lipinski definition) is 0. The number of rotatable bonds is 4. The van der Waals surface area contributed by atoms with Gasteiger partial charge in [-0.25, -0.2) is 0 Å². The third-order valence-corrected chi connectivity index (χ3v) is 4.84. The highest BCUT2D eigenvalue weighted by Crippen LogP contribution is 2.33. The molecule has 0 N–H and O–H groups in total. The number of hydrogen-bond acceptors (Lipinski definition) is 3. The van der Waals surface area contributed by atoms with Gasteiger partial charge in [0.05, 0.1) is 13.2 Å². The summed E-state index contributed by atoms with van der Waals surface area (Å²) in [6.07, 6.45) is 7.21. The van der Waals surface area contributed by atoms with Crippen molar-refractivity contribution in [2.45, 2.75) is 46.5 Å². The first-order valence-corrected chi connectivity index (χ1v) is 8.11. The first kappa shape index (κ1) is 15.6. The van der Waals surface area contributed by atoms with Crippen LogP contribution in [0.3, 0.4) is 0 Å². The number of ether oxygens (including phenoxy) is 1. The van der Waals surface area contributed by atoms with Crippen LogP contribution in [0.25, 0.3) is 0 Å². The van der Waals surface area contributed by atoms with E-state index in [9.17, 15) is 4.79 Å². The van der Waals surface area contributed by atoms with E-state index in [1.807, 2.05) is 0 Å². The summed E-state index contributed by atoms with van der Waals surface area (Å²) in [5.74, 6) is 1.56. The zero-order valence-electron chi connectivity index (χ0n) is 13.2. The standard InChI is InChI=1S/C17H29NO2/c1-13-9-14(2)16(15(3)10-13)12-20-17(19)11-18-7-5-4-6-8-18/h9,14-16H,4-8,10-12H2,1-3H3/t14-,15-,16+/m0/s1. The summed E-state index contributed by atoms with van der Waals surface area (Å²) in [6, 6.07) is 0. The fourth-order valence-corrected chi connectivity index (χ4v) is 3.67. The highest BCUT2D eigenvalue weighted by Gasteiger charge is 2.28. The van der Waals surface area contributed by atoms with Crippen LogP contribution in [-0.2, 0) is 9.53 Å². The fraction of sp³-hybridized carbons (Fsp3) is 0.824. The van der Waals surface area contributed by atoms with Crippen molar-refractivity contribution in [1.29, 1.82) is 0 Å². The van der Waals surface area contributed by atoms with Crippen molar-refractivity contribution in [1.82, 2.24) is 4.90 Å². The normalized spacial score (nSPS) is 31.8. The van der Waals surface area contributed by atoms with Crippen LogP contribution < -0.4 is 0 Å². The van der Waals surface area contributed by atoms with E-state index in [1.165, 1.54) is 24.8 Å². The molecule has 0 unspecified atom stereocenters. The van der Waals surface area contributed by atoms with Crippen molar-refractivity contribution in [2.75, 3.05) is 26.2 Å². The lowest BCUT2D eigenvalue weighted by molar-refractivity contribution is -0.147. The second-order valence-electron chi connectivity index (χ2n) is 6.74. The third kappa shape index (κ3) is 4.34. The number of piperidine rings is 1. The monoisotopic (exact) mass is 279 g/mol. The molecule has 0 aromatic rings. The molecule has 20 heavy (non-hydrogen) atoms. The molecular weight excluding hydrogens is 250 g/mol. The number of nitrogens with zero attached hydrogens (tertiary/aromatic N) is 1. The molecule has 3 nitrogen and oxygen atoms in total. The second kappa shape index (κ2) is 7.26. The minimum atomic E-state index is -0.0439. The Morgan fingerprint density at radius 1 is 1.30 bits per heavy atom. The van der Waals surface area contributed by atoms with Gasteiger partial charge >= 0.3 is 5.97 Å². The zero-order chi connectivity index (χ0) is 14.5.